The Labute approximate surface area is 241 Å². The molecule has 1 aromatic heterocycles. The van der Waals surface area contributed by atoms with Crippen LogP contribution in [-0.2, 0) is 44.9 Å². The van der Waals surface area contributed by atoms with Gasteiger partial charge in [-0.15, -0.1) is 0 Å². The van der Waals surface area contributed by atoms with Gasteiger partial charge in [-0.2, -0.15) is 0 Å². The van der Waals surface area contributed by atoms with E-state index in [-0.39, 0.29) is 12.2 Å². The summed E-state index contributed by atoms with van der Waals surface area (Å²) in [6, 6.07) is 6.37. The average Bonchev–Trinajstić information content (AvgIpc) is 3.45. The van der Waals surface area contributed by atoms with Crippen molar-refractivity contribution in [3.63, 3.8) is 0 Å². The second-order valence-corrected chi connectivity index (χ2v) is 12.0. The molecule has 0 bridgehead atoms. The zero-order valence-corrected chi connectivity index (χ0v) is 23.8. The third-order valence-corrected chi connectivity index (χ3v) is 9.19. The highest BCUT2D eigenvalue weighted by Gasteiger charge is 2.38. The molecule has 222 valence electrons. The van der Waals surface area contributed by atoms with E-state index in [4.69, 9.17) is 19.2 Å². The first kappa shape index (κ1) is 28.5. The van der Waals surface area contributed by atoms with E-state index in [0.717, 1.165) is 93.8 Å². The van der Waals surface area contributed by atoms with Gasteiger partial charge >= 0.3 is 5.97 Å². The van der Waals surface area contributed by atoms with Crippen LogP contribution in [0.4, 0.5) is 10.2 Å². The molecule has 9 heteroatoms. The number of rotatable bonds is 10. The number of carbonyl (C=O) groups is 1. The zero-order valence-electron chi connectivity index (χ0n) is 23.8. The van der Waals surface area contributed by atoms with Gasteiger partial charge in [0.15, 0.2) is 0 Å². The van der Waals surface area contributed by atoms with Crippen molar-refractivity contribution in [3.8, 4) is 0 Å². The van der Waals surface area contributed by atoms with E-state index in [1.807, 2.05) is 4.90 Å². The molecule has 4 aliphatic rings. The number of aliphatic carboxylic acids is 1. The van der Waals surface area contributed by atoms with E-state index in [2.05, 4.69) is 17.4 Å². The summed E-state index contributed by atoms with van der Waals surface area (Å²) in [4.78, 5) is 19.4. The number of nitrogens with one attached hydrogen (secondary N) is 1. The van der Waals surface area contributed by atoms with Gasteiger partial charge in [-0.1, -0.05) is 6.07 Å². The highest BCUT2D eigenvalue weighted by Crippen LogP contribution is 2.37. The number of aromatic nitrogens is 1. The largest absolute Gasteiger partial charge is 0.480 e. The summed E-state index contributed by atoms with van der Waals surface area (Å²) in [7, 11) is 0. The van der Waals surface area contributed by atoms with Crippen molar-refractivity contribution in [1.82, 2.24) is 9.88 Å². The van der Waals surface area contributed by atoms with Crippen molar-refractivity contribution in [2.45, 2.75) is 82.6 Å². The van der Waals surface area contributed by atoms with Crippen LogP contribution in [0.5, 0.6) is 0 Å². The van der Waals surface area contributed by atoms with Crippen LogP contribution in [-0.4, -0.2) is 72.6 Å². The van der Waals surface area contributed by atoms with E-state index < -0.39 is 17.8 Å². The van der Waals surface area contributed by atoms with Crippen LogP contribution >= 0.6 is 0 Å². The lowest BCUT2D eigenvalue weighted by Crippen LogP contribution is -2.37. The minimum absolute atomic E-state index is 0.00693. The zero-order chi connectivity index (χ0) is 28.2. The SMILES string of the molecule is O=C(O)[C@H](c1cc(F)cc2c1C[C@H](C1CCOCC1)OC2)N1CC[C@@H](OCCCCc2ccc3c(n2)NCCC3)C1. The number of ether oxygens (including phenoxy) is 3. The molecule has 0 saturated carbocycles. The average molecular weight is 568 g/mol. The molecule has 2 saturated heterocycles. The highest BCUT2D eigenvalue weighted by molar-refractivity contribution is 5.76. The lowest BCUT2D eigenvalue weighted by Gasteiger charge is -2.36. The lowest BCUT2D eigenvalue weighted by atomic mass is 9.83. The number of carboxylic acids is 1. The molecule has 2 N–H and O–H groups in total. The molecule has 2 aromatic rings. The predicted octanol–water partition coefficient (Wildman–Crippen LogP) is 4.69. The number of halogens is 1. The maximum atomic E-state index is 14.7. The molecule has 3 atom stereocenters. The van der Waals surface area contributed by atoms with E-state index in [0.29, 0.717) is 44.2 Å². The molecule has 0 radical (unpaired) electrons. The Kier molecular flexibility index (Phi) is 9.15. The molecular formula is C32H42FN3O5. The molecule has 2 fully saturated rings. The van der Waals surface area contributed by atoms with E-state index in [1.165, 1.54) is 17.7 Å². The number of fused-ring (bicyclic) bond motifs is 2. The predicted molar refractivity (Wildman–Crippen MR) is 153 cm³/mol. The number of anilines is 1. The Balaban J connectivity index is 1.04. The maximum Gasteiger partial charge on any atom is 0.325 e. The molecule has 0 aliphatic carbocycles. The molecule has 1 aromatic carbocycles. The summed E-state index contributed by atoms with van der Waals surface area (Å²) in [5.74, 6) is 0.0616. The lowest BCUT2D eigenvalue weighted by molar-refractivity contribution is -0.143. The first-order valence-corrected chi connectivity index (χ1v) is 15.4. The van der Waals surface area contributed by atoms with Gasteiger partial charge in [-0.25, -0.2) is 9.37 Å². The summed E-state index contributed by atoms with van der Waals surface area (Å²) in [5, 5.41) is 13.7. The van der Waals surface area contributed by atoms with Crippen molar-refractivity contribution in [2.24, 2.45) is 5.92 Å². The summed E-state index contributed by atoms with van der Waals surface area (Å²) in [5.41, 5.74) is 4.69. The Hall–Kier alpha value is -2.59. The molecular weight excluding hydrogens is 525 g/mol. The van der Waals surface area contributed by atoms with E-state index in [9.17, 15) is 14.3 Å². The summed E-state index contributed by atoms with van der Waals surface area (Å²) in [6.07, 6.45) is 8.33. The molecule has 0 unspecified atom stereocenters. The van der Waals surface area contributed by atoms with Gasteiger partial charge in [0.1, 0.15) is 17.7 Å². The molecule has 6 rings (SSSR count). The molecule has 0 amide bonds. The van der Waals surface area contributed by atoms with Crippen molar-refractivity contribution in [2.75, 3.05) is 44.8 Å². The van der Waals surface area contributed by atoms with E-state index >= 15 is 0 Å². The highest BCUT2D eigenvalue weighted by atomic mass is 19.1. The fourth-order valence-corrected chi connectivity index (χ4v) is 6.96. The molecule has 0 spiro atoms. The van der Waals surface area contributed by atoms with Crippen LogP contribution < -0.4 is 5.32 Å². The number of nitrogens with zero attached hydrogens (tertiary/aromatic N) is 2. The van der Waals surface area contributed by atoms with Crippen LogP contribution in [0.25, 0.3) is 0 Å². The number of pyridine rings is 1. The smallest absolute Gasteiger partial charge is 0.325 e. The van der Waals surface area contributed by atoms with Gasteiger partial charge in [-0.05, 0) is 104 Å². The second-order valence-electron chi connectivity index (χ2n) is 12.0. The number of aryl methyl sites for hydroxylation is 2. The Bertz CT molecular complexity index is 1220. The van der Waals surface area contributed by atoms with Crippen molar-refractivity contribution < 1.29 is 28.5 Å². The van der Waals surface area contributed by atoms with Gasteiger partial charge in [0, 0.05) is 45.1 Å². The third-order valence-electron chi connectivity index (χ3n) is 9.19. The number of carboxylic acid groups (broad SMARTS) is 1. The van der Waals surface area contributed by atoms with Crippen molar-refractivity contribution in [1.29, 1.82) is 0 Å². The summed E-state index contributed by atoms with van der Waals surface area (Å²) < 4.78 is 32.6. The first-order chi connectivity index (χ1) is 20.0. The van der Waals surface area contributed by atoms with Gasteiger partial charge in [0.25, 0.3) is 0 Å². The van der Waals surface area contributed by atoms with Crippen molar-refractivity contribution >= 4 is 11.8 Å². The van der Waals surface area contributed by atoms with Crippen LogP contribution in [0.15, 0.2) is 24.3 Å². The summed E-state index contributed by atoms with van der Waals surface area (Å²) in [6.45, 7) is 4.53. The minimum atomic E-state index is -0.945. The van der Waals surface area contributed by atoms with Crippen molar-refractivity contribution in [3.05, 3.63) is 58.0 Å². The Morgan fingerprint density at radius 1 is 1.20 bits per heavy atom. The normalized spacial score (nSPS) is 23.9. The minimum Gasteiger partial charge on any atom is -0.480 e. The fraction of sp³-hybridized carbons (Fsp3) is 0.625. The molecule has 5 heterocycles. The van der Waals surface area contributed by atoms with Gasteiger partial charge < -0.3 is 24.6 Å². The van der Waals surface area contributed by atoms with E-state index in [1.54, 1.807) is 0 Å². The number of hydrogen-bond donors (Lipinski definition) is 2. The second kappa shape index (κ2) is 13.2. The number of hydrogen-bond acceptors (Lipinski definition) is 7. The topological polar surface area (TPSA) is 93.2 Å². The Morgan fingerprint density at radius 2 is 2.07 bits per heavy atom. The van der Waals surface area contributed by atoms with Crippen LogP contribution in [0.3, 0.4) is 0 Å². The number of likely N-dealkylation sites (tertiary alicyclic amines) is 1. The third kappa shape index (κ3) is 6.74. The molecule has 41 heavy (non-hydrogen) atoms. The number of unbranched alkanes of at least 4 members (excludes halogenated alkanes) is 1. The van der Waals surface area contributed by atoms with Gasteiger partial charge in [-0.3, -0.25) is 9.69 Å². The standard InChI is InChI=1S/C32H42FN3O5/c33-24-16-23-20-41-29(21-9-14-39-15-10-21)18-27(23)28(17-24)30(32(37)38)36-12-8-26(19-36)40-13-2-1-5-25-7-6-22-4-3-11-34-31(22)35-25/h6-7,16-17,21,26,29-30H,1-5,8-15,18-20H2,(H,34,35)(H,37,38)/t26-,29-,30+/m1/s1. The monoisotopic (exact) mass is 567 g/mol. The maximum absolute atomic E-state index is 14.7. The van der Waals surface area contributed by atoms with Gasteiger partial charge in [0.2, 0.25) is 0 Å². The van der Waals surface area contributed by atoms with Gasteiger partial charge in [0.05, 0.1) is 18.8 Å². The summed E-state index contributed by atoms with van der Waals surface area (Å²) >= 11 is 0. The van der Waals surface area contributed by atoms with Crippen LogP contribution in [0, 0.1) is 11.7 Å². The van der Waals surface area contributed by atoms with Crippen LogP contribution in [0.1, 0.15) is 72.5 Å². The first-order valence-electron chi connectivity index (χ1n) is 15.4. The van der Waals surface area contributed by atoms with Crippen LogP contribution in [0.2, 0.25) is 0 Å². The number of benzene rings is 1. The molecule has 4 aliphatic heterocycles. The fourth-order valence-electron chi connectivity index (χ4n) is 6.96. The quantitative estimate of drug-likeness (QED) is 0.400. The Morgan fingerprint density at radius 3 is 2.93 bits per heavy atom. The molecule has 8 nitrogen and oxygen atoms in total.